The Bertz CT molecular complexity index is 401. The van der Waals surface area contributed by atoms with Gasteiger partial charge in [0.05, 0.1) is 6.42 Å². The van der Waals surface area contributed by atoms with Gasteiger partial charge in [0.2, 0.25) is 0 Å². The summed E-state index contributed by atoms with van der Waals surface area (Å²) in [7, 11) is 0. The summed E-state index contributed by atoms with van der Waals surface area (Å²) in [5, 5.41) is 0. The summed E-state index contributed by atoms with van der Waals surface area (Å²) in [4.78, 5) is 21.5. The van der Waals surface area contributed by atoms with E-state index in [-0.39, 0.29) is 5.97 Å². The number of carbonyl (C=O) groups is 1. The summed E-state index contributed by atoms with van der Waals surface area (Å²) in [6.07, 6.45) is 10.1. The number of para-hydroxylation sites is 1. The van der Waals surface area contributed by atoms with Crippen molar-refractivity contribution in [2.75, 3.05) is 0 Å². The van der Waals surface area contributed by atoms with Crippen LogP contribution in [0.25, 0.3) is 0 Å². The van der Waals surface area contributed by atoms with Gasteiger partial charge in [-0.05, 0) is 25.0 Å². The average Bonchev–Trinajstić information content (AvgIpc) is 2.49. The first-order valence-electron chi connectivity index (χ1n) is 8.17. The lowest BCUT2D eigenvalue weighted by Gasteiger charge is -2.06. The molecule has 0 bridgehead atoms. The van der Waals surface area contributed by atoms with Crippen molar-refractivity contribution >= 4 is 5.97 Å². The number of aryl methyl sites for hydroxylation is 1. The van der Waals surface area contributed by atoms with Crippen LogP contribution in [0, 0.1) is 6.92 Å². The topological polar surface area (TPSA) is 35.5 Å². The summed E-state index contributed by atoms with van der Waals surface area (Å²) in [6.45, 7) is 4.15. The first kappa shape index (κ1) is 17.5. The van der Waals surface area contributed by atoms with Crippen LogP contribution in [0.1, 0.15) is 70.3 Å². The summed E-state index contributed by atoms with van der Waals surface area (Å²) in [5.41, 5.74) is 0.956. The van der Waals surface area contributed by atoms with Gasteiger partial charge in [0.1, 0.15) is 0 Å². The lowest BCUT2D eigenvalue weighted by molar-refractivity contribution is -0.214. The maximum atomic E-state index is 11.6. The third kappa shape index (κ3) is 8.38. The molecule has 0 aliphatic rings. The molecule has 0 aromatic heterocycles. The molecule has 0 amide bonds. The monoisotopic (exact) mass is 292 g/mol. The van der Waals surface area contributed by atoms with Gasteiger partial charge in [-0.3, -0.25) is 9.78 Å². The predicted octanol–water partition coefficient (Wildman–Crippen LogP) is 5.36. The van der Waals surface area contributed by atoms with E-state index in [1.165, 1.54) is 38.5 Å². The van der Waals surface area contributed by atoms with Gasteiger partial charge in [-0.2, -0.15) is 0 Å². The van der Waals surface area contributed by atoms with Crippen LogP contribution in [0.4, 0.5) is 0 Å². The van der Waals surface area contributed by atoms with Crippen molar-refractivity contribution in [3.63, 3.8) is 0 Å². The van der Waals surface area contributed by atoms with E-state index in [0.717, 1.165) is 18.4 Å². The van der Waals surface area contributed by atoms with Crippen LogP contribution in [0.3, 0.4) is 0 Å². The summed E-state index contributed by atoms with van der Waals surface area (Å²) in [5.74, 6) is 0.311. The molecule has 0 N–H and O–H groups in total. The number of carbonyl (C=O) groups excluding carboxylic acids is 1. The maximum Gasteiger partial charge on any atom is 0.355 e. The zero-order valence-electron chi connectivity index (χ0n) is 13.4. The normalized spacial score (nSPS) is 10.4. The van der Waals surface area contributed by atoms with E-state index in [4.69, 9.17) is 9.78 Å². The molecule has 0 heterocycles. The van der Waals surface area contributed by atoms with Gasteiger partial charge >= 0.3 is 5.97 Å². The smallest absolute Gasteiger partial charge is 0.287 e. The highest BCUT2D eigenvalue weighted by molar-refractivity contribution is 5.68. The van der Waals surface area contributed by atoms with Gasteiger partial charge in [-0.25, -0.2) is 4.79 Å². The second-order valence-electron chi connectivity index (χ2n) is 5.53. The number of hydrogen-bond acceptors (Lipinski definition) is 3. The molecule has 1 rings (SSSR count). The van der Waals surface area contributed by atoms with Crippen LogP contribution in [0.15, 0.2) is 24.3 Å². The largest absolute Gasteiger partial charge is 0.355 e. The molecule has 21 heavy (non-hydrogen) atoms. The first-order chi connectivity index (χ1) is 10.2. The second-order valence-corrected chi connectivity index (χ2v) is 5.53. The van der Waals surface area contributed by atoms with E-state index < -0.39 is 0 Å². The molecule has 1 aromatic carbocycles. The molecule has 3 nitrogen and oxygen atoms in total. The Hall–Kier alpha value is -1.51. The predicted molar refractivity (Wildman–Crippen MR) is 85.1 cm³/mol. The Morgan fingerprint density at radius 2 is 1.57 bits per heavy atom. The zero-order chi connectivity index (χ0) is 15.3. The molecule has 0 spiro atoms. The highest BCUT2D eigenvalue weighted by Crippen LogP contribution is 2.17. The van der Waals surface area contributed by atoms with Crippen LogP contribution in [0.5, 0.6) is 5.75 Å². The molecule has 0 aliphatic carbocycles. The SMILES string of the molecule is CCCCCCCCCCC(=O)OOc1ccccc1C. The minimum absolute atomic E-state index is 0.288. The van der Waals surface area contributed by atoms with E-state index in [1.807, 2.05) is 25.1 Å². The van der Waals surface area contributed by atoms with Gasteiger partial charge in [-0.15, -0.1) is 0 Å². The molecule has 0 atom stereocenters. The van der Waals surface area contributed by atoms with Gasteiger partial charge < -0.3 is 0 Å². The number of hydrogen-bond donors (Lipinski definition) is 0. The van der Waals surface area contributed by atoms with E-state index >= 15 is 0 Å². The zero-order valence-corrected chi connectivity index (χ0v) is 13.4. The molecule has 0 saturated heterocycles. The van der Waals surface area contributed by atoms with Crippen molar-refractivity contribution in [3.8, 4) is 5.75 Å². The summed E-state index contributed by atoms with van der Waals surface area (Å²) in [6, 6.07) is 7.49. The molecule has 0 saturated carbocycles. The van der Waals surface area contributed by atoms with Crippen LogP contribution >= 0.6 is 0 Å². The standard InChI is InChI=1S/C18H28O3/c1-3-4-5-6-7-8-9-10-15-18(19)21-20-17-14-12-11-13-16(17)2/h11-14H,3-10,15H2,1-2H3. The Balaban J connectivity index is 2.00. The van der Waals surface area contributed by atoms with Crippen molar-refractivity contribution < 1.29 is 14.6 Å². The van der Waals surface area contributed by atoms with Crippen molar-refractivity contribution in [3.05, 3.63) is 29.8 Å². The second kappa shape index (κ2) is 11.2. The third-order valence-corrected chi connectivity index (χ3v) is 3.55. The van der Waals surface area contributed by atoms with Gasteiger partial charge in [0.15, 0.2) is 5.75 Å². The lowest BCUT2D eigenvalue weighted by Crippen LogP contribution is -2.08. The molecule has 0 fully saturated rings. The number of unbranched alkanes of at least 4 members (excludes halogenated alkanes) is 7. The van der Waals surface area contributed by atoms with E-state index in [1.54, 1.807) is 6.07 Å². The van der Waals surface area contributed by atoms with Gasteiger partial charge in [0, 0.05) is 0 Å². The van der Waals surface area contributed by atoms with Gasteiger partial charge in [-0.1, -0.05) is 70.1 Å². The van der Waals surface area contributed by atoms with E-state index in [2.05, 4.69) is 6.92 Å². The minimum Gasteiger partial charge on any atom is -0.287 e. The molecular weight excluding hydrogens is 264 g/mol. The van der Waals surface area contributed by atoms with E-state index in [0.29, 0.717) is 12.2 Å². The Morgan fingerprint density at radius 1 is 0.952 bits per heavy atom. The quantitative estimate of drug-likeness (QED) is 0.313. The molecule has 0 unspecified atom stereocenters. The van der Waals surface area contributed by atoms with Crippen LogP contribution < -0.4 is 4.89 Å². The molecule has 1 aromatic rings. The lowest BCUT2D eigenvalue weighted by atomic mass is 10.1. The first-order valence-corrected chi connectivity index (χ1v) is 8.17. The Labute approximate surface area is 128 Å². The molecule has 3 heteroatoms. The molecule has 0 aliphatic heterocycles. The van der Waals surface area contributed by atoms with Crippen LogP contribution in [-0.2, 0) is 9.68 Å². The number of benzene rings is 1. The van der Waals surface area contributed by atoms with Crippen molar-refractivity contribution in [1.29, 1.82) is 0 Å². The van der Waals surface area contributed by atoms with Crippen LogP contribution in [0.2, 0.25) is 0 Å². The fourth-order valence-electron chi connectivity index (χ4n) is 2.19. The minimum atomic E-state index is -0.288. The fraction of sp³-hybridized carbons (Fsp3) is 0.611. The van der Waals surface area contributed by atoms with Crippen LogP contribution in [-0.4, -0.2) is 5.97 Å². The Morgan fingerprint density at radius 3 is 2.24 bits per heavy atom. The highest BCUT2D eigenvalue weighted by Gasteiger charge is 2.06. The molecule has 118 valence electrons. The average molecular weight is 292 g/mol. The van der Waals surface area contributed by atoms with Crippen molar-refractivity contribution in [2.45, 2.75) is 71.6 Å². The Kier molecular flexibility index (Phi) is 9.34. The number of rotatable bonds is 11. The summed E-state index contributed by atoms with van der Waals surface area (Å²) >= 11 is 0. The van der Waals surface area contributed by atoms with Crippen molar-refractivity contribution in [2.24, 2.45) is 0 Å². The van der Waals surface area contributed by atoms with E-state index in [9.17, 15) is 4.79 Å². The molecule has 0 radical (unpaired) electrons. The maximum absolute atomic E-state index is 11.6. The molecular formula is C18H28O3. The summed E-state index contributed by atoms with van der Waals surface area (Å²) < 4.78 is 0. The third-order valence-electron chi connectivity index (χ3n) is 3.55. The van der Waals surface area contributed by atoms with Crippen molar-refractivity contribution in [1.82, 2.24) is 0 Å². The fourth-order valence-corrected chi connectivity index (χ4v) is 2.19. The highest BCUT2D eigenvalue weighted by atomic mass is 17.2. The van der Waals surface area contributed by atoms with Gasteiger partial charge in [0.25, 0.3) is 0 Å².